The highest BCUT2D eigenvalue weighted by Gasteiger charge is 2.13. The summed E-state index contributed by atoms with van der Waals surface area (Å²) in [6.07, 6.45) is 9.42. The molecule has 0 N–H and O–H groups in total. The molecule has 0 bridgehead atoms. The van der Waals surface area contributed by atoms with E-state index >= 15 is 0 Å². The smallest absolute Gasteiger partial charge is 0.0170 e. The van der Waals surface area contributed by atoms with Crippen LogP contribution in [0.3, 0.4) is 0 Å². The molecule has 96 valence electrons. The Morgan fingerprint density at radius 1 is 1.44 bits per heavy atom. The molecule has 0 radical (unpaired) electrons. The van der Waals surface area contributed by atoms with Crippen LogP contribution in [0.1, 0.15) is 52.9 Å². The van der Waals surface area contributed by atoms with E-state index in [4.69, 9.17) is 0 Å². The summed E-state index contributed by atoms with van der Waals surface area (Å²) in [5.74, 6) is 0.622. The van der Waals surface area contributed by atoms with Crippen molar-refractivity contribution in [2.45, 2.75) is 58.1 Å². The fourth-order valence-corrected chi connectivity index (χ4v) is 3.88. The van der Waals surface area contributed by atoms with Gasteiger partial charge in [-0.15, -0.1) is 0 Å². The first kappa shape index (κ1) is 16.2. The van der Waals surface area contributed by atoms with Gasteiger partial charge in [0.05, 0.1) is 0 Å². The molecule has 0 aliphatic carbocycles. The van der Waals surface area contributed by atoms with Gasteiger partial charge in [0.2, 0.25) is 0 Å². The van der Waals surface area contributed by atoms with Gasteiger partial charge >= 0.3 is 0 Å². The molecule has 3 unspecified atom stereocenters. The third kappa shape index (κ3) is 9.43. The minimum absolute atomic E-state index is 0.246. The van der Waals surface area contributed by atoms with E-state index in [1.54, 1.807) is 0 Å². The second-order valence-electron chi connectivity index (χ2n) is 4.20. The van der Waals surface area contributed by atoms with Crippen LogP contribution in [0.4, 0.5) is 0 Å². The Hall–Kier alpha value is 0.200. The first-order valence-electron chi connectivity index (χ1n) is 5.97. The molecule has 0 amide bonds. The lowest BCUT2D eigenvalue weighted by Gasteiger charge is -2.20. The SMILES string of the molecule is CC=CCCC(CC(C)CCC)SS(=O)[O-]. The molecule has 4 heteroatoms. The second kappa shape index (κ2) is 10.4. The molecule has 0 aromatic carbocycles. The van der Waals surface area contributed by atoms with E-state index in [2.05, 4.69) is 19.9 Å². The Labute approximate surface area is 106 Å². The van der Waals surface area contributed by atoms with Gasteiger partial charge in [-0.3, -0.25) is 4.21 Å². The maximum Gasteiger partial charge on any atom is 0.0170 e. The molecule has 0 aliphatic heterocycles. The lowest BCUT2D eigenvalue weighted by Crippen LogP contribution is -2.09. The fraction of sp³-hybridized carbons (Fsp3) is 0.833. The second-order valence-corrected chi connectivity index (χ2v) is 6.86. The van der Waals surface area contributed by atoms with Gasteiger partial charge in [-0.25, -0.2) is 0 Å². The summed E-state index contributed by atoms with van der Waals surface area (Å²) in [6, 6.07) is 0. The minimum Gasteiger partial charge on any atom is -0.764 e. The zero-order chi connectivity index (χ0) is 12.4. The largest absolute Gasteiger partial charge is 0.764 e. The summed E-state index contributed by atoms with van der Waals surface area (Å²) in [5, 5.41) is 0.246. The zero-order valence-electron chi connectivity index (χ0n) is 10.5. The molecular formula is C12H23O2S2-. The van der Waals surface area contributed by atoms with Crippen molar-refractivity contribution in [3.8, 4) is 0 Å². The summed E-state index contributed by atoms with van der Waals surface area (Å²) in [4.78, 5) is 0. The van der Waals surface area contributed by atoms with Gasteiger partial charge in [0, 0.05) is 15.4 Å². The molecule has 0 fully saturated rings. The molecule has 0 spiro atoms. The number of allylic oxidation sites excluding steroid dienone is 2. The average molecular weight is 263 g/mol. The van der Waals surface area contributed by atoms with Crippen LogP contribution in [0.25, 0.3) is 0 Å². The maximum absolute atomic E-state index is 10.7. The lowest BCUT2D eigenvalue weighted by molar-refractivity contribution is 0.469. The monoisotopic (exact) mass is 263 g/mol. The van der Waals surface area contributed by atoms with Gasteiger partial charge in [0.25, 0.3) is 0 Å². The zero-order valence-corrected chi connectivity index (χ0v) is 12.1. The molecule has 3 atom stereocenters. The molecule has 0 rings (SSSR count). The van der Waals surface area contributed by atoms with Gasteiger partial charge in [-0.05, 0) is 32.1 Å². The number of rotatable bonds is 9. The van der Waals surface area contributed by atoms with Crippen molar-refractivity contribution in [1.29, 1.82) is 0 Å². The van der Waals surface area contributed by atoms with E-state index in [1.165, 1.54) is 12.8 Å². The molecule has 0 aromatic rings. The fourth-order valence-electron chi connectivity index (χ4n) is 1.82. The topological polar surface area (TPSA) is 40.1 Å². The third-order valence-corrected chi connectivity index (χ3v) is 4.70. The normalized spacial score (nSPS) is 17.5. The molecule has 0 heterocycles. The summed E-state index contributed by atoms with van der Waals surface area (Å²) in [5.41, 5.74) is 0. The van der Waals surface area contributed by atoms with Crippen molar-refractivity contribution in [2.75, 3.05) is 0 Å². The highest BCUT2D eigenvalue weighted by molar-refractivity contribution is 8.67. The highest BCUT2D eigenvalue weighted by atomic mass is 33.1. The summed E-state index contributed by atoms with van der Waals surface area (Å²) in [7, 11) is -0.892. The Bertz CT molecular complexity index is 217. The van der Waals surface area contributed by atoms with Crippen LogP contribution in [0.2, 0.25) is 0 Å². The predicted molar refractivity (Wildman–Crippen MR) is 73.0 cm³/mol. The first-order chi connectivity index (χ1) is 7.60. The van der Waals surface area contributed by atoms with Crippen LogP contribution >= 0.6 is 10.8 Å². The number of hydrogen-bond acceptors (Lipinski definition) is 3. The summed E-state index contributed by atoms with van der Waals surface area (Å²) >= 11 is 0. The molecule has 2 nitrogen and oxygen atoms in total. The molecule has 0 aliphatic rings. The summed E-state index contributed by atoms with van der Waals surface area (Å²) < 4.78 is 21.5. The van der Waals surface area contributed by atoms with Crippen molar-refractivity contribution in [3.05, 3.63) is 12.2 Å². The van der Waals surface area contributed by atoms with E-state index < -0.39 is 10.1 Å². The van der Waals surface area contributed by atoms with Crippen LogP contribution in [0, 0.1) is 5.92 Å². The van der Waals surface area contributed by atoms with E-state index in [0.717, 1.165) is 30.1 Å². The summed E-state index contributed by atoms with van der Waals surface area (Å²) in [6.45, 7) is 6.37. The standard InChI is InChI=1S/C12H24O2S2/c1-4-6-7-9-12(15-16(13)14)10-11(3)8-5-2/h4,6,11-12H,5,7-10H2,1-3H3,(H,13,14)/p-1. The Kier molecular flexibility index (Phi) is 10.5. The Morgan fingerprint density at radius 2 is 2.12 bits per heavy atom. The van der Waals surface area contributed by atoms with Crippen LogP contribution < -0.4 is 0 Å². The predicted octanol–water partition coefficient (Wildman–Crippen LogP) is 4.06. The van der Waals surface area contributed by atoms with Gasteiger partial charge < -0.3 is 4.55 Å². The maximum atomic E-state index is 10.7. The number of hydrogen-bond donors (Lipinski definition) is 0. The first-order valence-corrected chi connectivity index (χ1v) is 8.44. The van der Waals surface area contributed by atoms with Gasteiger partial charge in [0.15, 0.2) is 0 Å². The van der Waals surface area contributed by atoms with E-state index in [-0.39, 0.29) is 5.25 Å². The van der Waals surface area contributed by atoms with Gasteiger partial charge in [-0.1, -0.05) is 49.6 Å². The van der Waals surface area contributed by atoms with Gasteiger partial charge in [-0.2, -0.15) is 0 Å². The van der Waals surface area contributed by atoms with Crippen molar-refractivity contribution < 1.29 is 8.76 Å². The van der Waals surface area contributed by atoms with Crippen molar-refractivity contribution in [2.24, 2.45) is 5.92 Å². The third-order valence-electron chi connectivity index (χ3n) is 2.55. The molecule has 0 saturated carbocycles. The molecule has 0 aromatic heterocycles. The van der Waals surface area contributed by atoms with Crippen molar-refractivity contribution >= 4 is 20.9 Å². The lowest BCUT2D eigenvalue weighted by atomic mass is 9.98. The molecular weight excluding hydrogens is 240 g/mol. The van der Waals surface area contributed by atoms with Crippen LogP contribution in [-0.2, 0) is 10.1 Å². The molecule has 16 heavy (non-hydrogen) atoms. The minimum atomic E-state index is -1.98. The van der Waals surface area contributed by atoms with Crippen molar-refractivity contribution in [1.82, 2.24) is 0 Å². The average Bonchev–Trinajstić information content (AvgIpc) is 2.17. The van der Waals surface area contributed by atoms with Crippen LogP contribution in [0.5, 0.6) is 0 Å². The van der Waals surface area contributed by atoms with Crippen LogP contribution in [0.15, 0.2) is 12.2 Å². The van der Waals surface area contributed by atoms with E-state index in [1.807, 2.05) is 13.0 Å². The van der Waals surface area contributed by atoms with E-state index in [9.17, 15) is 8.76 Å². The van der Waals surface area contributed by atoms with Gasteiger partial charge in [0.1, 0.15) is 0 Å². The molecule has 0 saturated heterocycles. The van der Waals surface area contributed by atoms with Crippen molar-refractivity contribution in [3.63, 3.8) is 0 Å². The quantitative estimate of drug-likeness (QED) is 0.358. The highest BCUT2D eigenvalue weighted by Crippen LogP contribution is 2.27. The Morgan fingerprint density at radius 3 is 2.62 bits per heavy atom. The van der Waals surface area contributed by atoms with E-state index in [0.29, 0.717) is 5.92 Å². The van der Waals surface area contributed by atoms with Crippen LogP contribution in [-0.4, -0.2) is 14.0 Å². The Balaban J connectivity index is 4.03.